The van der Waals surface area contributed by atoms with E-state index in [9.17, 15) is 0 Å². The summed E-state index contributed by atoms with van der Waals surface area (Å²) in [5, 5.41) is 6.66. The highest BCUT2D eigenvalue weighted by atomic mass is 32.1. The van der Waals surface area contributed by atoms with E-state index in [1.165, 1.54) is 31.4 Å². The predicted octanol–water partition coefficient (Wildman–Crippen LogP) is 2.69. The van der Waals surface area contributed by atoms with Crippen LogP contribution in [0.1, 0.15) is 31.2 Å². The molecular weight excluding hydrogens is 192 g/mol. The van der Waals surface area contributed by atoms with E-state index >= 15 is 0 Å². The van der Waals surface area contributed by atoms with E-state index in [1.807, 2.05) is 11.6 Å². The summed E-state index contributed by atoms with van der Waals surface area (Å²) < 4.78 is 0. The highest BCUT2D eigenvalue weighted by Gasteiger charge is 2.13. The van der Waals surface area contributed by atoms with Crippen LogP contribution in [-0.4, -0.2) is 17.6 Å². The Hall–Kier alpha value is -0.670. The van der Waals surface area contributed by atoms with E-state index in [-0.39, 0.29) is 0 Å². The van der Waals surface area contributed by atoms with Gasteiger partial charge in [0.2, 0.25) is 0 Å². The lowest BCUT2D eigenvalue weighted by Crippen LogP contribution is -2.21. The first-order valence-electron chi connectivity index (χ1n) is 5.14. The van der Waals surface area contributed by atoms with E-state index in [4.69, 9.17) is 0 Å². The van der Waals surface area contributed by atoms with E-state index < -0.39 is 0 Å². The van der Waals surface area contributed by atoms with Crippen LogP contribution in [0.25, 0.3) is 6.08 Å². The minimum atomic E-state index is 0.700. The van der Waals surface area contributed by atoms with Crippen molar-refractivity contribution in [2.75, 3.05) is 6.54 Å². The number of hydrogen-bond acceptors (Lipinski definition) is 3. The second-order valence-corrected chi connectivity index (χ2v) is 4.78. The molecule has 76 valence electrons. The van der Waals surface area contributed by atoms with E-state index in [2.05, 4.69) is 23.3 Å². The molecule has 0 aliphatic carbocycles. The standard InChI is InChI=1S/C11H16N2S/c1-9(7-10-3-2-4-12-10)8-11-13-5-6-14-11/h5-6,8,10,12H,2-4,7H2,1H3/b9-8-. The molecule has 0 amide bonds. The number of hydrogen-bond donors (Lipinski definition) is 1. The lowest BCUT2D eigenvalue weighted by molar-refractivity contribution is 0.601. The molecule has 0 aromatic carbocycles. The zero-order chi connectivity index (χ0) is 9.80. The largest absolute Gasteiger partial charge is 0.314 e. The van der Waals surface area contributed by atoms with Crippen molar-refractivity contribution in [2.24, 2.45) is 0 Å². The van der Waals surface area contributed by atoms with Crippen molar-refractivity contribution in [2.45, 2.75) is 32.2 Å². The first-order chi connectivity index (χ1) is 6.84. The van der Waals surface area contributed by atoms with Crippen molar-refractivity contribution in [1.82, 2.24) is 10.3 Å². The van der Waals surface area contributed by atoms with Gasteiger partial charge < -0.3 is 5.32 Å². The second kappa shape index (κ2) is 4.71. The van der Waals surface area contributed by atoms with Crippen molar-refractivity contribution < 1.29 is 0 Å². The molecule has 2 heterocycles. The summed E-state index contributed by atoms with van der Waals surface area (Å²) in [6.07, 6.45) is 7.88. The minimum Gasteiger partial charge on any atom is -0.314 e. The SMILES string of the molecule is C/C(=C/c1nccs1)CC1CCCN1. The zero-order valence-electron chi connectivity index (χ0n) is 8.49. The molecule has 1 aliphatic rings. The summed E-state index contributed by atoms with van der Waals surface area (Å²) in [7, 11) is 0. The van der Waals surface area contributed by atoms with Crippen LogP contribution in [0.2, 0.25) is 0 Å². The molecule has 1 aromatic rings. The topological polar surface area (TPSA) is 24.9 Å². The highest BCUT2D eigenvalue weighted by Crippen LogP contribution is 2.17. The molecule has 0 spiro atoms. The maximum atomic E-state index is 4.25. The molecule has 14 heavy (non-hydrogen) atoms. The molecule has 1 atom stereocenters. The van der Waals surface area contributed by atoms with Crippen molar-refractivity contribution >= 4 is 17.4 Å². The Morgan fingerprint density at radius 3 is 3.36 bits per heavy atom. The maximum absolute atomic E-state index is 4.25. The third-order valence-electron chi connectivity index (χ3n) is 2.55. The van der Waals surface area contributed by atoms with Crippen LogP contribution in [0.5, 0.6) is 0 Å². The quantitative estimate of drug-likeness (QED) is 0.826. The Balaban J connectivity index is 1.91. The van der Waals surface area contributed by atoms with Gasteiger partial charge in [0.05, 0.1) is 0 Å². The van der Waals surface area contributed by atoms with E-state index in [1.54, 1.807) is 11.3 Å². The number of nitrogens with zero attached hydrogens (tertiary/aromatic N) is 1. The number of nitrogens with one attached hydrogen (secondary N) is 1. The van der Waals surface area contributed by atoms with Crippen LogP contribution in [-0.2, 0) is 0 Å². The summed E-state index contributed by atoms with van der Waals surface area (Å²) in [4.78, 5) is 4.25. The molecule has 1 N–H and O–H groups in total. The van der Waals surface area contributed by atoms with Gasteiger partial charge in [0.1, 0.15) is 5.01 Å². The van der Waals surface area contributed by atoms with E-state index in [0.29, 0.717) is 6.04 Å². The van der Waals surface area contributed by atoms with Crippen LogP contribution < -0.4 is 5.32 Å². The molecule has 3 heteroatoms. The lowest BCUT2D eigenvalue weighted by Gasteiger charge is -2.09. The van der Waals surface area contributed by atoms with Crippen molar-refractivity contribution in [3.8, 4) is 0 Å². The smallest absolute Gasteiger partial charge is 0.115 e. The van der Waals surface area contributed by atoms with Gasteiger partial charge >= 0.3 is 0 Å². The summed E-state index contributed by atoms with van der Waals surface area (Å²) in [5.74, 6) is 0. The number of thiazole rings is 1. The molecule has 0 saturated carbocycles. The molecule has 1 unspecified atom stereocenters. The molecule has 2 nitrogen and oxygen atoms in total. The number of aromatic nitrogens is 1. The van der Waals surface area contributed by atoms with Crippen LogP contribution in [0.4, 0.5) is 0 Å². The fourth-order valence-electron chi connectivity index (χ4n) is 1.90. The Kier molecular flexibility index (Phi) is 3.32. The molecule has 1 fully saturated rings. The molecule has 1 saturated heterocycles. The third kappa shape index (κ3) is 2.66. The first-order valence-corrected chi connectivity index (χ1v) is 6.02. The Bertz CT molecular complexity index is 297. The Labute approximate surface area is 89.1 Å². The number of rotatable bonds is 3. The van der Waals surface area contributed by atoms with Gasteiger partial charge in [0.15, 0.2) is 0 Å². The van der Waals surface area contributed by atoms with Crippen LogP contribution in [0.15, 0.2) is 17.2 Å². The van der Waals surface area contributed by atoms with Crippen molar-refractivity contribution in [1.29, 1.82) is 0 Å². The molecule has 1 aromatic heterocycles. The van der Waals surface area contributed by atoms with Gasteiger partial charge in [-0.25, -0.2) is 4.98 Å². The van der Waals surface area contributed by atoms with Crippen LogP contribution >= 0.6 is 11.3 Å². The average molecular weight is 208 g/mol. The van der Waals surface area contributed by atoms with Gasteiger partial charge in [-0.15, -0.1) is 11.3 Å². The summed E-state index contributed by atoms with van der Waals surface area (Å²) in [5.41, 5.74) is 1.43. The van der Waals surface area contributed by atoms with Gasteiger partial charge in [0, 0.05) is 17.6 Å². The fraction of sp³-hybridized carbons (Fsp3) is 0.545. The minimum absolute atomic E-state index is 0.700. The van der Waals surface area contributed by atoms with E-state index in [0.717, 1.165) is 5.01 Å². The molecule has 1 aliphatic heterocycles. The molecular formula is C11H16N2S. The van der Waals surface area contributed by atoms with Gasteiger partial charge in [-0.05, 0) is 38.8 Å². The second-order valence-electron chi connectivity index (χ2n) is 3.86. The van der Waals surface area contributed by atoms with Gasteiger partial charge in [-0.3, -0.25) is 0 Å². The Morgan fingerprint density at radius 2 is 2.71 bits per heavy atom. The average Bonchev–Trinajstić information content (AvgIpc) is 2.76. The Morgan fingerprint density at radius 1 is 1.79 bits per heavy atom. The van der Waals surface area contributed by atoms with Gasteiger partial charge in [-0.1, -0.05) is 5.57 Å². The monoisotopic (exact) mass is 208 g/mol. The van der Waals surface area contributed by atoms with Crippen molar-refractivity contribution in [3.05, 3.63) is 22.2 Å². The summed E-state index contributed by atoms with van der Waals surface area (Å²) >= 11 is 1.70. The highest BCUT2D eigenvalue weighted by molar-refractivity contribution is 7.10. The van der Waals surface area contributed by atoms with Gasteiger partial charge in [-0.2, -0.15) is 0 Å². The van der Waals surface area contributed by atoms with Crippen molar-refractivity contribution in [3.63, 3.8) is 0 Å². The summed E-state index contributed by atoms with van der Waals surface area (Å²) in [6, 6.07) is 0.700. The molecule has 2 rings (SSSR count). The predicted molar refractivity (Wildman–Crippen MR) is 61.4 cm³/mol. The van der Waals surface area contributed by atoms with Crippen LogP contribution in [0, 0.1) is 0 Å². The molecule has 0 bridgehead atoms. The van der Waals surface area contributed by atoms with Crippen LogP contribution in [0.3, 0.4) is 0 Å². The van der Waals surface area contributed by atoms with Gasteiger partial charge in [0.25, 0.3) is 0 Å². The molecule has 0 radical (unpaired) electrons. The third-order valence-corrected chi connectivity index (χ3v) is 3.27. The maximum Gasteiger partial charge on any atom is 0.115 e. The fourth-order valence-corrected chi connectivity index (χ4v) is 2.55. The lowest BCUT2D eigenvalue weighted by atomic mass is 10.1. The zero-order valence-corrected chi connectivity index (χ0v) is 9.31. The first kappa shape index (κ1) is 9.87. The summed E-state index contributed by atoms with van der Waals surface area (Å²) in [6.45, 7) is 3.39. The normalized spacial score (nSPS) is 22.9.